The van der Waals surface area contributed by atoms with E-state index in [0.717, 1.165) is 27.9 Å². The average molecular weight is 279 g/mol. The number of nitrogens with zero attached hydrogens (tertiary/aromatic N) is 1. The number of hydrogen-bond acceptors (Lipinski definition) is 3. The molecular weight excluding hydrogens is 262 g/mol. The number of aliphatic hydroxyl groups excluding tert-OH is 1. The van der Waals surface area contributed by atoms with Gasteiger partial charge in [0.15, 0.2) is 0 Å². The highest BCUT2D eigenvalue weighted by atomic mass is 16.5. The van der Waals surface area contributed by atoms with E-state index in [-0.39, 0.29) is 0 Å². The van der Waals surface area contributed by atoms with Crippen LogP contribution in [0.15, 0.2) is 60.7 Å². The summed E-state index contributed by atoms with van der Waals surface area (Å²) in [6.07, 6.45) is -0.0680. The van der Waals surface area contributed by atoms with E-state index in [4.69, 9.17) is 4.74 Å². The molecule has 0 bridgehead atoms. The van der Waals surface area contributed by atoms with Crippen LogP contribution < -0.4 is 4.74 Å². The highest BCUT2D eigenvalue weighted by Crippen LogP contribution is 2.21. The Balaban J connectivity index is 1.79. The first-order chi connectivity index (χ1) is 10.3. The van der Waals surface area contributed by atoms with E-state index in [9.17, 15) is 5.11 Å². The minimum Gasteiger partial charge on any atom is -0.497 e. The highest BCUT2D eigenvalue weighted by Gasteiger charge is 2.10. The topological polar surface area (TPSA) is 42.4 Å². The second-order valence-electron chi connectivity index (χ2n) is 4.99. The van der Waals surface area contributed by atoms with Gasteiger partial charge in [-0.3, -0.25) is 4.98 Å². The molecule has 0 saturated carbocycles. The first-order valence-electron chi connectivity index (χ1n) is 6.93. The lowest BCUT2D eigenvalue weighted by molar-refractivity contribution is 0.177. The summed E-state index contributed by atoms with van der Waals surface area (Å²) in [5, 5.41) is 11.4. The van der Waals surface area contributed by atoms with Crippen LogP contribution in [0, 0.1) is 0 Å². The second kappa shape index (κ2) is 5.94. The molecule has 1 heterocycles. The van der Waals surface area contributed by atoms with E-state index in [0.29, 0.717) is 6.42 Å². The molecule has 3 aromatic rings. The monoisotopic (exact) mass is 279 g/mol. The van der Waals surface area contributed by atoms with E-state index >= 15 is 0 Å². The maximum absolute atomic E-state index is 10.3. The van der Waals surface area contributed by atoms with E-state index in [1.54, 1.807) is 7.11 Å². The van der Waals surface area contributed by atoms with Crippen molar-refractivity contribution < 1.29 is 9.84 Å². The van der Waals surface area contributed by atoms with Crippen molar-refractivity contribution in [3.63, 3.8) is 0 Å². The molecule has 0 saturated heterocycles. The third kappa shape index (κ3) is 3.03. The molecule has 0 aliphatic heterocycles. The Morgan fingerprint density at radius 1 is 1.00 bits per heavy atom. The fourth-order valence-corrected chi connectivity index (χ4v) is 2.36. The summed E-state index contributed by atoms with van der Waals surface area (Å²) in [6.45, 7) is 0. The molecular formula is C18H17NO2. The van der Waals surface area contributed by atoms with E-state index in [1.807, 2.05) is 60.7 Å². The molecule has 21 heavy (non-hydrogen) atoms. The van der Waals surface area contributed by atoms with Crippen LogP contribution in [-0.2, 0) is 6.42 Å². The van der Waals surface area contributed by atoms with Gasteiger partial charge in [0.05, 0.1) is 18.7 Å². The molecule has 0 aliphatic carbocycles. The normalized spacial score (nSPS) is 12.3. The lowest BCUT2D eigenvalue weighted by Crippen LogP contribution is -2.03. The van der Waals surface area contributed by atoms with Crippen LogP contribution in [0.5, 0.6) is 5.75 Å². The van der Waals surface area contributed by atoms with Crippen molar-refractivity contribution in [3.8, 4) is 5.75 Å². The van der Waals surface area contributed by atoms with Crippen molar-refractivity contribution in [3.05, 3.63) is 71.9 Å². The van der Waals surface area contributed by atoms with Crippen LogP contribution in [0.1, 0.15) is 17.4 Å². The molecule has 106 valence electrons. The number of pyridine rings is 1. The lowest BCUT2D eigenvalue weighted by Gasteiger charge is -2.11. The van der Waals surface area contributed by atoms with Crippen LogP contribution in [-0.4, -0.2) is 17.2 Å². The number of hydrogen-bond donors (Lipinski definition) is 1. The van der Waals surface area contributed by atoms with Crippen molar-refractivity contribution in [2.24, 2.45) is 0 Å². The molecule has 0 fully saturated rings. The molecule has 0 aliphatic rings. The largest absolute Gasteiger partial charge is 0.497 e. The number of aromatic nitrogens is 1. The summed E-state index contributed by atoms with van der Waals surface area (Å²) in [4.78, 5) is 4.59. The van der Waals surface area contributed by atoms with Crippen LogP contribution in [0.3, 0.4) is 0 Å². The van der Waals surface area contributed by atoms with Crippen LogP contribution in [0.4, 0.5) is 0 Å². The van der Waals surface area contributed by atoms with Gasteiger partial charge < -0.3 is 9.84 Å². The van der Waals surface area contributed by atoms with Gasteiger partial charge in [0.2, 0.25) is 0 Å². The van der Waals surface area contributed by atoms with Gasteiger partial charge in [-0.15, -0.1) is 0 Å². The molecule has 3 heteroatoms. The zero-order valence-electron chi connectivity index (χ0n) is 11.9. The Morgan fingerprint density at radius 2 is 1.76 bits per heavy atom. The number of fused-ring (bicyclic) bond motifs is 1. The van der Waals surface area contributed by atoms with Crippen molar-refractivity contribution in [1.82, 2.24) is 4.98 Å². The van der Waals surface area contributed by atoms with Crippen molar-refractivity contribution >= 4 is 10.9 Å². The average Bonchev–Trinajstić information content (AvgIpc) is 2.55. The molecule has 3 nitrogen and oxygen atoms in total. The van der Waals surface area contributed by atoms with Gasteiger partial charge in [-0.25, -0.2) is 0 Å². The summed E-state index contributed by atoms with van der Waals surface area (Å²) in [5.74, 6) is 0.787. The van der Waals surface area contributed by atoms with Crippen molar-refractivity contribution in [2.45, 2.75) is 12.5 Å². The van der Waals surface area contributed by atoms with Gasteiger partial charge in [-0.05, 0) is 29.8 Å². The Hall–Kier alpha value is -2.39. The number of para-hydroxylation sites is 1. The smallest absolute Gasteiger partial charge is 0.118 e. The molecule has 0 amide bonds. The van der Waals surface area contributed by atoms with E-state index < -0.39 is 6.10 Å². The van der Waals surface area contributed by atoms with Gasteiger partial charge in [0.25, 0.3) is 0 Å². The second-order valence-corrected chi connectivity index (χ2v) is 4.99. The highest BCUT2D eigenvalue weighted by molar-refractivity contribution is 5.78. The molecule has 1 N–H and O–H groups in total. The minimum atomic E-state index is -0.565. The number of benzene rings is 2. The molecule has 2 aromatic carbocycles. The van der Waals surface area contributed by atoms with E-state index in [1.165, 1.54) is 0 Å². The Kier molecular flexibility index (Phi) is 3.84. The molecule has 0 spiro atoms. The van der Waals surface area contributed by atoms with Crippen LogP contribution in [0.25, 0.3) is 10.9 Å². The third-order valence-electron chi connectivity index (χ3n) is 3.56. The molecule has 0 unspecified atom stereocenters. The third-order valence-corrected chi connectivity index (χ3v) is 3.56. The van der Waals surface area contributed by atoms with Gasteiger partial charge in [-0.2, -0.15) is 0 Å². The number of ether oxygens (including phenoxy) is 1. The number of rotatable bonds is 4. The maximum Gasteiger partial charge on any atom is 0.118 e. The zero-order valence-corrected chi connectivity index (χ0v) is 11.9. The predicted molar refractivity (Wildman–Crippen MR) is 83.4 cm³/mol. The van der Waals surface area contributed by atoms with Crippen LogP contribution >= 0.6 is 0 Å². The SMILES string of the molecule is COc1ccc([C@@H](O)Cc2ccc3ccccc3n2)cc1. The summed E-state index contributed by atoms with van der Waals surface area (Å²) in [5.41, 5.74) is 2.71. The minimum absolute atomic E-state index is 0.497. The van der Waals surface area contributed by atoms with Gasteiger partial charge >= 0.3 is 0 Å². The standard InChI is InChI=1S/C18H17NO2/c1-21-16-10-7-14(8-11-16)18(20)12-15-9-6-13-4-2-3-5-17(13)19-15/h2-11,18,20H,12H2,1H3/t18-/m0/s1. The van der Waals surface area contributed by atoms with Crippen molar-refractivity contribution in [1.29, 1.82) is 0 Å². The van der Waals surface area contributed by atoms with Gasteiger partial charge in [0.1, 0.15) is 5.75 Å². The maximum atomic E-state index is 10.3. The molecule has 0 radical (unpaired) electrons. The lowest BCUT2D eigenvalue weighted by atomic mass is 10.0. The van der Waals surface area contributed by atoms with E-state index in [2.05, 4.69) is 4.98 Å². The summed E-state index contributed by atoms with van der Waals surface area (Å²) in [7, 11) is 1.63. The van der Waals surface area contributed by atoms with Crippen LogP contribution in [0.2, 0.25) is 0 Å². The first kappa shape index (κ1) is 13.6. The predicted octanol–water partition coefficient (Wildman–Crippen LogP) is 3.52. The summed E-state index contributed by atoms with van der Waals surface area (Å²) >= 11 is 0. The number of methoxy groups -OCH3 is 1. The molecule has 1 atom stereocenters. The molecule has 3 rings (SSSR count). The Labute approximate surface area is 123 Å². The van der Waals surface area contributed by atoms with Crippen molar-refractivity contribution in [2.75, 3.05) is 7.11 Å². The Morgan fingerprint density at radius 3 is 2.52 bits per heavy atom. The van der Waals surface area contributed by atoms with Gasteiger partial charge in [0, 0.05) is 17.5 Å². The Bertz CT molecular complexity index is 738. The quantitative estimate of drug-likeness (QED) is 0.794. The zero-order chi connectivity index (χ0) is 14.7. The summed E-state index contributed by atoms with van der Waals surface area (Å²) in [6, 6.07) is 19.5. The summed E-state index contributed by atoms with van der Waals surface area (Å²) < 4.78 is 5.12. The first-order valence-corrected chi connectivity index (χ1v) is 6.93. The fourth-order valence-electron chi connectivity index (χ4n) is 2.36. The fraction of sp³-hybridized carbons (Fsp3) is 0.167. The molecule has 1 aromatic heterocycles. The van der Waals surface area contributed by atoms with Gasteiger partial charge in [-0.1, -0.05) is 36.4 Å². The number of aliphatic hydroxyl groups is 1.